The van der Waals surface area contributed by atoms with Crippen LogP contribution in [0.15, 0.2) is 47.1 Å². The first-order chi connectivity index (χ1) is 15.6. The van der Waals surface area contributed by atoms with E-state index in [1.165, 1.54) is 23.0 Å². The van der Waals surface area contributed by atoms with Gasteiger partial charge in [0.15, 0.2) is 5.76 Å². The summed E-state index contributed by atoms with van der Waals surface area (Å²) >= 11 is 7.94. The maximum absolute atomic E-state index is 12.0. The zero-order chi connectivity index (χ0) is 22.2. The van der Waals surface area contributed by atoms with Crippen molar-refractivity contribution < 1.29 is 19.1 Å². The minimum Gasteiger partial charge on any atom is -0.492 e. The van der Waals surface area contributed by atoms with Crippen LogP contribution in [0.4, 0.5) is 0 Å². The number of aromatic nitrogens is 3. The largest absolute Gasteiger partial charge is 0.492 e. The first kappa shape index (κ1) is 21.0. The number of rotatable bonds is 5. The minimum absolute atomic E-state index is 0.0234. The summed E-state index contributed by atoms with van der Waals surface area (Å²) in [5.41, 5.74) is 0.886. The molecule has 166 valence electrons. The fourth-order valence-corrected chi connectivity index (χ4v) is 5.55. The number of likely N-dealkylation sites (tertiary alicyclic amines) is 1. The molecule has 0 bridgehead atoms. The van der Waals surface area contributed by atoms with Gasteiger partial charge in [0.1, 0.15) is 0 Å². The van der Waals surface area contributed by atoms with Crippen LogP contribution in [0.1, 0.15) is 29.3 Å². The van der Waals surface area contributed by atoms with E-state index in [4.69, 9.17) is 20.8 Å². The average molecular weight is 473 g/mol. The molecule has 0 radical (unpaired) electrons. The second-order valence-corrected chi connectivity index (χ2v) is 9.07. The number of hydrogen-bond acceptors (Lipinski definition) is 8. The van der Waals surface area contributed by atoms with Gasteiger partial charge >= 0.3 is 5.97 Å². The molecule has 5 rings (SSSR count). The van der Waals surface area contributed by atoms with E-state index >= 15 is 0 Å². The number of methoxy groups -OCH3 is 1. The Kier molecular flexibility index (Phi) is 5.62. The number of carbonyl (C=O) groups excluding carboxylic acids is 1. The molecule has 1 atom stereocenters. The molecular weight excluding hydrogens is 452 g/mol. The molecule has 4 heterocycles. The van der Waals surface area contributed by atoms with Crippen LogP contribution in [-0.2, 0) is 9.53 Å². The maximum atomic E-state index is 12.0. The van der Waals surface area contributed by atoms with Crippen molar-refractivity contribution in [2.24, 2.45) is 5.92 Å². The van der Waals surface area contributed by atoms with Crippen molar-refractivity contribution in [1.29, 1.82) is 0 Å². The highest BCUT2D eigenvalue weighted by atomic mass is 35.5. The number of halogens is 1. The molecule has 3 aromatic heterocycles. The molecule has 0 unspecified atom stereocenters. The van der Waals surface area contributed by atoms with E-state index in [9.17, 15) is 9.90 Å². The van der Waals surface area contributed by atoms with Gasteiger partial charge in [0.25, 0.3) is 0 Å². The highest BCUT2D eigenvalue weighted by molar-refractivity contribution is 7.17. The average Bonchev–Trinajstić information content (AvgIpc) is 3.54. The first-order valence-corrected chi connectivity index (χ1v) is 11.4. The molecule has 4 aromatic rings. The standard InChI is InChI=1S/C22H21ClN4O4S/c1-30-21(29)13-8-10-26(11-9-13)17(14-5-2-3-6-15(14)23)18-20(28)27-22(32-18)24-19(25-27)16-7-4-12-31-16/h2-7,12-13,17,28H,8-11H2,1H3/t17-/m0/s1. The first-order valence-electron chi connectivity index (χ1n) is 10.3. The molecule has 1 aliphatic rings. The molecule has 10 heteroatoms. The van der Waals surface area contributed by atoms with Crippen molar-refractivity contribution in [2.75, 3.05) is 20.2 Å². The van der Waals surface area contributed by atoms with Crippen molar-refractivity contribution in [3.8, 4) is 17.5 Å². The van der Waals surface area contributed by atoms with E-state index in [0.717, 1.165) is 5.56 Å². The predicted octanol–water partition coefficient (Wildman–Crippen LogP) is 4.38. The van der Waals surface area contributed by atoms with Crippen molar-refractivity contribution in [1.82, 2.24) is 19.5 Å². The molecule has 0 amide bonds. The Morgan fingerprint density at radius 2 is 2.06 bits per heavy atom. The quantitative estimate of drug-likeness (QED) is 0.431. The fraction of sp³-hybridized carbons (Fsp3) is 0.318. The topological polar surface area (TPSA) is 93.1 Å². The van der Waals surface area contributed by atoms with Crippen LogP contribution in [0.2, 0.25) is 5.02 Å². The van der Waals surface area contributed by atoms with Gasteiger partial charge < -0.3 is 14.3 Å². The summed E-state index contributed by atoms with van der Waals surface area (Å²) in [5.74, 6) is 0.682. The van der Waals surface area contributed by atoms with Crippen LogP contribution in [0.5, 0.6) is 5.88 Å². The van der Waals surface area contributed by atoms with Crippen LogP contribution in [0.3, 0.4) is 0 Å². The molecule has 1 fully saturated rings. The summed E-state index contributed by atoms with van der Waals surface area (Å²) in [5, 5.41) is 16.2. The lowest BCUT2D eigenvalue weighted by molar-refractivity contribution is -0.147. The van der Waals surface area contributed by atoms with Crippen LogP contribution >= 0.6 is 22.9 Å². The third-order valence-corrected chi connectivity index (χ3v) is 7.24. The predicted molar refractivity (Wildman–Crippen MR) is 120 cm³/mol. The number of hydrogen-bond donors (Lipinski definition) is 1. The lowest BCUT2D eigenvalue weighted by Gasteiger charge is -2.36. The normalized spacial score (nSPS) is 16.4. The molecule has 1 aromatic carbocycles. The zero-order valence-electron chi connectivity index (χ0n) is 17.3. The van der Waals surface area contributed by atoms with Gasteiger partial charge in [0, 0.05) is 5.02 Å². The zero-order valence-corrected chi connectivity index (χ0v) is 18.8. The summed E-state index contributed by atoms with van der Waals surface area (Å²) < 4.78 is 11.7. The van der Waals surface area contributed by atoms with Crippen molar-refractivity contribution in [2.45, 2.75) is 18.9 Å². The van der Waals surface area contributed by atoms with E-state index in [1.54, 1.807) is 18.4 Å². The number of esters is 1. The highest BCUT2D eigenvalue weighted by Crippen LogP contribution is 2.43. The Morgan fingerprint density at radius 1 is 1.28 bits per heavy atom. The molecular formula is C22H21ClN4O4S. The van der Waals surface area contributed by atoms with Gasteiger partial charge in [0.05, 0.1) is 30.2 Å². The number of thiazole rings is 1. The number of fused-ring (bicyclic) bond motifs is 1. The van der Waals surface area contributed by atoms with Crippen LogP contribution in [0.25, 0.3) is 16.5 Å². The number of benzene rings is 1. The van der Waals surface area contributed by atoms with Crippen molar-refractivity contribution in [3.05, 3.63) is 58.1 Å². The third kappa shape index (κ3) is 3.66. The van der Waals surface area contributed by atoms with Crippen LogP contribution in [0, 0.1) is 5.92 Å². The lowest BCUT2D eigenvalue weighted by atomic mass is 9.93. The summed E-state index contributed by atoms with van der Waals surface area (Å²) in [7, 11) is 1.42. The molecule has 1 N–H and O–H groups in total. The van der Waals surface area contributed by atoms with Crippen LogP contribution < -0.4 is 0 Å². The Bertz CT molecular complexity index is 1240. The van der Waals surface area contributed by atoms with E-state index in [0.29, 0.717) is 52.4 Å². The van der Waals surface area contributed by atoms with Gasteiger partial charge in [-0.25, -0.2) is 0 Å². The second-order valence-electron chi connectivity index (χ2n) is 7.65. The summed E-state index contributed by atoms with van der Waals surface area (Å²) in [6, 6.07) is 10.9. The number of piperidine rings is 1. The molecule has 1 aliphatic heterocycles. The van der Waals surface area contributed by atoms with Crippen molar-refractivity contribution >= 4 is 33.9 Å². The third-order valence-electron chi connectivity index (χ3n) is 5.82. The molecule has 1 saturated heterocycles. The summed E-state index contributed by atoms with van der Waals surface area (Å²) in [6.45, 7) is 1.33. The van der Waals surface area contributed by atoms with Crippen molar-refractivity contribution in [3.63, 3.8) is 0 Å². The van der Waals surface area contributed by atoms with Gasteiger partial charge in [0.2, 0.25) is 16.7 Å². The molecule has 0 spiro atoms. The number of ether oxygens (including phenoxy) is 1. The Labute approximate surface area is 193 Å². The molecule has 0 saturated carbocycles. The molecule has 8 nitrogen and oxygen atoms in total. The van der Waals surface area contributed by atoms with E-state index < -0.39 is 0 Å². The van der Waals surface area contributed by atoms with Crippen LogP contribution in [-0.4, -0.2) is 50.8 Å². The van der Waals surface area contributed by atoms with Gasteiger partial charge in [-0.1, -0.05) is 41.1 Å². The second kappa shape index (κ2) is 8.57. The number of carbonyl (C=O) groups is 1. The minimum atomic E-state index is -0.289. The van der Waals surface area contributed by atoms with Gasteiger partial charge in [-0.3, -0.25) is 9.69 Å². The fourth-order valence-electron chi connectivity index (χ4n) is 4.20. The summed E-state index contributed by atoms with van der Waals surface area (Å²) in [6.07, 6.45) is 2.91. The number of furan rings is 1. The van der Waals surface area contributed by atoms with E-state index in [-0.39, 0.29) is 23.8 Å². The summed E-state index contributed by atoms with van der Waals surface area (Å²) in [4.78, 5) is 20.0. The van der Waals surface area contributed by atoms with Gasteiger partial charge in [-0.05, 0) is 49.7 Å². The number of nitrogens with zero attached hydrogens (tertiary/aromatic N) is 4. The Balaban J connectivity index is 1.53. The maximum Gasteiger partial charge on any atom is 0.308 e. The Morgan fingerprint density at radius 3 is 2.72 bits per heavy atom. The molecule has 0 aliphatic carbocycles. The van der Waals surface area contributed by atoms with Gasteiger partial charge in [-0.15, -0.1) is 5.10 Å². The number of aromatic hydroxyl groups is 1. The monoisotopic (exact) mass is 472 g/mol. The SMILES string of the molecule is COC(=O)C1CCN([C@@H](c2ccccc2Cl)c2sc3nc(-c4ccco4)nn3c2O)CC1. The smallest absolute Gasteiger partial charge is 0.308 e. The van der Waals surface area contributed by atoms with Gasteiger partial charge in [-0.2, -0.15) is 9.50 Å². The van der Waals surface area contributed by atoms with E-state index in [1.807, 2.05) is 24.3 Å². The van der Waals surface area contributed by atoms with E-state index in [2.05, 4.69) is 15.0 Å². The Hall–Kier alpha value is -2.88. The molecule has 32 heavy (non-hydrogen) atoms. The lowest BCUT2D eigenvalue weighted by Crippen LogP contribution is -2.39. The highest BCUT2D eigenvalue weighted by Gasteiger charge is 2.35.